The predicted molar refractivity (Wildman–Crippen MR) is 53.1 cm³/mol. The van der Waals surface area contributed by atoms with Crippen LogP contribution in [-0.2, 0) is 10.1 Å². The van der Waals surface area contributed by atoms with Gasteiger partial charge in [0.25, 0.3) is 10.1 Å². The van der Waals surface area contributed by atoms with Crippen molar-refractivity contribution in [3.8, 4) is 5.75 Å². The number of hydrogen-bond acceptors (Lipinski definition) is 3. The van der Waals surface area contributed by atoms with E-state index in [4.69, 9.17) is 4.55 Å². The number of phenolic OH excluding ortho intramolecular Hbond substituents is 1. The van der Waals surface area contributed by atoms with Crippen molar-refractivity contribution in [3.63, 3.8) is 0 Å². The zero-order chi connectivity index (χ0) is 11.1. The SMILES string of the molecule is O=S(=O)(O)c1cc[c]c2c(O)[c]ccc12. The van der Waals surface area contributed by atoms with E-state index in [-0.39, 0.29) is 21.4 Å². The molecule has 0 aliphatic carbocycles. The molecule has 2 aromatic rings. The van der Waals surface area contributed by atoms with Gasteiger partial charge in [0.15, 0.2) is 0 Å². The van der Waals surface area contributed by atoms with E-state index in [1.165, 1.54) is 24.3 Å². The summed E-state index contributed by atoms with van der Waals surface area (Å²) in [5.41, 5.74) is 0. The van der Waals surface area contributed by atoms with E-state index >= 15 is 0 Å². The Morgan fingerprint density at radius 2 is 1.80 bits per heavy atom. The second-order valence-electron chi connectivity index (χ2n) is 2.93. The first-order chi connectivity index (χ1) is 7.00. The van der Waals surface area contributed by atoms with Gasteiger partial charge in [-0.2, -0.15) is 8.42 Å². The standard InChI is InChI=1S/C10H6O4S/c11-9-5-1-4-8-7(9)3-2-6-10(8)15(12,13)14/h1-2,4,6,11H,(H,12,13,14). The minimum absolute atomic E-state index is 0.196. The molecule has 0 amide bonds. The van der Waals surface area contributed by atoms with Gasteiger partial charge in [0.05, 0.1) is 0 Å². The third kappa shape index (κ3) is 1.67. The fourth-order valence-electron chi connectivity index (χ4n) is 1.35. The highest BCUT2D eigenvalue weighted by Gasteiger charge is 2.14. The molecule has 0 unspecified atom stereocenters. The topological polar surface area (TPSA) is 74.6 Å². The first-order valence-electron chi connectivity index (χ1n) is 4.02. The van der Waals surface area contributed by atoms with Crippen molar-refractivity contribution in [1.82, 2.24) is 0 Å². The van der Waals surface area contributed by atoms with Crippen LogP contribution in [0, 0.1) is 12.1 Å². The lowest BCUT2D eigenvalue weighted by Crippen LogP contribution is -1.98. The average molecular weight is 222 g/mol. The van der Waals surface area contributed by atoms with Gasteiger partial charge >= 0.3 is 0 Å². The number of rotatable bonds is 1. The van der Waals surface area contributed by atoms with Crippen LogP contribution in [0.25, 0.3) is 10.8 Å². The molecule has 2 rings (SSSR count). The lowest BCUT2D eigenvalue weighted by atomic mass is 10.1. The molecule has 0 atom stereocenters. The normalized spacial score (nSPS) is 11.8. The third-order valence-electron chi connectivity index (χ3n) is 1.98. The summed E-state index contributed by atoms with van der Waals surface area (Å²) >= 11 is 0. The average Bonchev–Trinajstić information content (AvgIpc) is 2.16. The molecule has 0 aromatic heterocycles. The predicted octanol–water partition coefficient (Wildman–Crippen LogP) is 1.39. The Bertz CT molecular complexity index is 616. The molecule has 2 radical (unpaired) electrons. The van der Waals surface area contributed by atoms with Gasteiger partial charge in [0, 0.05) is 16.8 Å². The van der Waals surface area contributed by atoms with Crippen LogP contribution in [0.15, 0.2) is 29.2 Å². The van der Waals surface area contributed by atoms with E-state index in [1.54, 1.807) is 0 Å². The maximum Gasteiger partial charge on any atom is 0.295 e. The summed E-state index contributed by atoms with van der Waals surface area (Å²) < 4.78 is 31.0. The third-order valence-corrected chi connectivity index (χ3v) is 2.89. The molecule has 76 valence electrons. The van der Waals surface area contributed by atoms with E-state index in [9.17, 15) is 13.5 Å². The highest BCUT2D eigenvalue weighted by Crippen LogP contribution is 2.28. The van der Waals surface area contributed by atoms with Crippen LogP contribution in [-0.4, -0.2) is 18.1 Å². The highest BCUT2D eigenvalue weighted by atomic mass is 32.2. The molecule has 0 fully saturated rings. The molecule has 0 bridgehead atoms. The van der Waals surface area contributed by atoms with Gasteiger partial charge in [0.1, 0.15) is 10.6 Å². The number of benzene rings is 2. The molecular formula is C10H6O4S. The Balaban J connectivity index is 2.96. The van der Waals surface area contributed by atoms with Crippen LogP contribution in [0.3, 0.4) is 0 Å². The van der Waals surface area contributed by atoms with E-state index in [0.29, 0.717) is 0 Å². The zero-order valence-corrected chi connectivity index (χ0v) is 8.25. The number of aromatic hydroxyl groups is 1. The Morgan fingerprint density at radius 1 is 1.13 bits per heavy atom. The van der Waals surface area contributed by atoms with Gasteiger partial charge in [-0.1, -0.05) is 12.1 Å². The molecule has 0 aliphatic heterocycles. The monoisotopic (exact) mass is 222 g/mol. The van der Waals surface area contributed by atoms with Crippen molar-refractivity contribution in [2.75, 3.05) is 0 Å². The molecule has 2 aromatic carbocycles. The number of fused-ring (bicyclic) bond motifs is 1. The Labute approximate surface area is 86.5 Å². The van der Waals surface area contributed by atoms with Gasteiger partial charge in [-0.05, 0) is 18.2 Å². The molecule has 15 heavy (non-hydrogen) atoms. The molecule has 0 aliphatic rings. The van der Waals surface area contributed by atoms with Gasteiger partial charge in [-0.3, -0.25) is 4.55 Å². The molecule has 0 heterocycles. The molecule has 4 nitrogen and oxygen atoms in total. The molecule has 0 saturated heterocycles. The summed E-state index contributed by atoms with van der Waals surface area (Å²) in [6.07, 6.45) is 0. The summed E-state index contributed by atoms with van der Waals surface area (Å²) in [4.78, 5) is -0.249. The minimum Gasteiger partial charge on any atom is -0.507 e. The molecule has 5 heteroatoms. The largest absolute Gasteiger partial charge is 0.507 e. The van der Waals surface area contributed by atoms with Crippen molar-refractivity contribution in [1.29, 1.82) is 0 Å². The molecule has 2 N–H and O–H groups in total. The minimum atomic E-state index is -4.29. The van der Waals surface area contributed by atoms with Crippen LogP contribution in [0.2, 0.25) is 0 Å². The van der Waals surface area contributed by atoms with Crippen molar-refractivity contribution < 1.29 is 18.1 Å². The van der Waals surface area contributed by atoms with Crippen molar-refractivity contribution in [2.45, 2.75) is 4.90 Å². The molecule has 0 spiro atoms. The molecular weight excluding hydrogens is 216 g/mol. The molecule has 0 saturated carbocycles. The van der Waals surface area contributed by atoms with Gasteiger partial charge < -0.3 is 5.11 Å². The van der Waals surface area contributed by atoms with Crippen LogP contribution in [0.4, 0.5) is 0 Å². The van der Waals surface area contributed by atoms with E-state index in [1.807, 2.05) is 0 Å². The summed E-state index contributed by atoms with van der Waals surface area (Å²) in [6.45, 7) is 0. The quantitative estimate of drug-likeness (QED) is 0.715. The number of phenols is 1. The van der Waals surface area contributed by atoms with Crippen molar-refractivity contribution in [2.24, 2.45) is 0 Å². The Kier molecular flexibility index (Phi) is 2.13. The van der Waals surface area contributed by atoms with Crippen molar-refractivity contribution >= 4 is 20.9 Å². The van der Waals surface area contributed by atoms with Crippen LogP contribution >= 0.6 is 0 Å². The van der Waals surface area contributed by atoms with Crippen molar-refractivity contribution in [3.05, 3.63) is 36.4 Å². The maximum atomic E-state index is 11.0. The smallest absolute Gasteiger partial charge is 0.295 e. The fourth-order valence-corrected chi connectivity index (χ4v) is 2.04. The van der Waals surface area contributed by atoms with Gasteiger partial charge in [-0.15, -0.1) is 0 Å². The summed E-state index contributed by atoms with van der Waals surface area (Å²) in [5.74, 6) is -0.196. The van der Waals surface area contributed by atoms with Crippen LogP contribution in [0.5, 0.6) is 5.75 Å². The summed E-state index contributed by atoms with van der Waals surface area (Å²) in [6, 6.07) is 10.5. The van der Waals surface area contributed by atoms with Crippen LogP contribution < -0.4 is 0 Å². The second kappa shape index (κ2) is 3.22. The van der Waals surface area contributed by atoms with E-state index in [0.717, 1.165) is 0 Å². The maximum absolute atomic E-state index is 11.0. The number of hydrogen-bond donors (Lipinski definition) is 2. The summed E-state index contributed by atoms with van der Waals surface area (Å²) in [7, 11) is -4.29. The first-order valence-corrected chi connectivity index (χ1v) is 5.46. The Morgan fingerprint density at radius 3 is 2.47 bits per heavy atom. The van der Waals surface area contributed by atoms with Gasteiger partial charge in [0.2, 0.25) is 0 Å². The van der Waals surface area contributed by atoms with Crippen LogP contribution in [0.1, 0.15) is 0 Å². The Hall–Kier alpha value is -1.59. The zero-order valence-electron chi connectivity index (χ0n) is 7.43. The van der Waals surface area contributed by atoms with E-state index < -0.39 is 10.1 Å². The van der Waals surface area contributed by atoms with Gasteiger partial charge in [-0.25, -0.2) is 0 Å². The highest BCUT2D eigenvalue weighted by molar-refractivity contribution is 7.86. The lowest BCUT2D eigenvalue weighted by molar-refractivity contribution is 0.480. The van der Waals surface area contributed by atoms with E-state index in [2.05, 4.69) is 12.1 Å². The second-order valence-corrected chi connectivity index (χ2v) is 4.32. The lowest BCUT2D eigenvalue weighted by Gasteiger charge is -2.03. The first kappa shape index (κ1) is 9.95. The summed E-state index contributed by atoms with van der Waals surface area (Å²) in [5, 5.41) is 9.83. The fraction of sp³-hybridized carbons (Fsp3) is 0.